The molecule has 0 rings (SSSR count). The van der Waals surface area contributed by atoms with Crippen LogP contribution in [0.5, 0.6) is 0 Å². The molecule has 33 valence electrons. The van der Waals surface area contributed by atoms with Crippen molar-refractivity contribution in [3.05, 3.63) is 0 Å². The predicted octanol–water partition coefficient (Wildman–Crippen LogP) is -0.642. The molecule has 0 heterocycles. The first kappa shape index (κ1) is 9.18. The van der Waals surface area contributed by atoms with Gasteiger partial charge < -0.3 is 9.79 Å². The van der Waals surface area contributed by atoms with Crippen molar-refractivity contribution >= 4 is 8.25 Å². The van der Waals surface area contributed by atoms with Gasteiger partial charge in [-0.1, -0.05) is 0 Å². The van der Waals surface area contributed by atoms with Crippen LogP contribution >= 0.6 is 8.25 Å². The molecule has 5 heteroatoms. The summed E-state index contributed by atoms with van der Waals surface area (Å²) in [4.78, 5) is 14.3. The van der Waals surface area contributed by atoms with Crippen LogP contribution in [-0.2, 0) is 21.6 Å². The Morgan fingerprint density at radius 2 is 1.40 bits per heavy atom. The number of hydrogen-bond donors (Lipinski definition) is 2. The Bertz CT molecular complexity index is 29.9. The van der Waals surface area contributed by atoms with Crippen molar-refractivity contribution in [2.45, 2.75) is 0 Å². The monoisotopic (exact) mass is 137 g/mol. The van der Waals surface area contributed by atoms with Crippen LogP contribution in [-0.4, -0.2) is 9.79 Å². The first-order valence-corrected chi connectivity index (χ1v) is 1.95. The summed E-state index contributed by atoms with van der Waals surface area (Å²) in [5.74, 6) is 0. The van der Waals surface area contributed by atoms with E-state index in [2.05, 4.69) is 0 Å². The molecule has 1 radical (unpaired) electrons. The third-order valence-corrected chi connectivity index (χ3v) is 0. The second-order valence-electron chi connectivity index (χ2n) is 0.283. The van der Waals surface area contributed by atoms with Gasteiger partial charge in [0.2, 0.25) is 0 Å². The Labute approximate surface area is 40.4 Å². The summed E-state index contributed by atoms with van der Waals surface area (Å²) in [5, 5.41) is 0. The van der Waals surface area contributed by atoms with Gasteiger partial charge in [0.25, 0.3) is 0 Å². The third kappa shape index (κ3) is 74.2. The van der Waals surface area contributed by atoms with Crippen LogP contribution in [0.1, 0.15) is 0 Å². The zero-order chi connectivity index (χ0) is 3.58. The Balaban J connectivity index is 0. The zero-order valence-electron chi connectivity index (χ0n) is 2.18. The molecule has 0 saturated carbocycles. The van der Waals surface area contributed by atoms with E-state index in [9.17, 15) is 0 Å². The van der Waals surface area contributed by atoms with E-state index in [1.165, 1.54) is 0 Å². The van der Waals surface area contributed by atoms with Crippen molar-refractivity contribution in [3.63, 3.8) is 0 Å². The summed E-state index contributed by atoms with van der Waals surface area (Å²) in [6.07, 6.45) is 0. The van der Waals surface area contributed by atoms with Crippen LogP contribution in [0.3, 0.4) is 0 Å². The van der Waals surface area contributed by atoms with Gasteiger partial charge in [0.05, 0.1) is 0 Å². The molecule has 0 atom stereocenters. The van der Waals surface area contributed by atoms with Gasteiger partial charge in [0, 0.05) is 17.1 Å². The number of rotatable bonds is 0. The van der Waals surface area contributed by atoms with Crippen LogP contribution < -0.4 is 0 Å². The van der Waals surface area contributed by atoms with E-state index in [1.807, 2.05) is 0 Å². The van der Waals surface area contributed by atoms with Gasteiger partial charge in [-0.25, -0.2) is 0 Å². The fourth-order valence-electron chi connectivity index (χ4n) is 0. The Hall–Kier alpha value is 0.669. The molecule has 0 aromatic heterocycles. The Morgan fingerprint density at radius 1 is 1.40 bits per heavy atom. The molecule has 0 unspecified atom stereocenters. The largest absolute Gasteiger partial charge is 0.326 e. The average Bonchev–Trinajstić information content (AvgIpc) is 0.811. The van der Waals surface area contributed by atoms with Gasteiger partial charge in [0.15, 0.2) is 0 Å². The molecule has 0 aliphatic carbocycles. The van der Waals surface area contributed by atoms with Crippen molar-refractivity contribution in [1.29, 1.82) is 0 Å². The van der Waals surface area contributed by atoms with E-state index in [0.29, 0.717) is 0 Å². The molecule has 0 aliphatic rings. The SMILES string of the molecule is O=[PH](O)O.[Mn]. The second kappa shape index (κ2) is 4.67. The van der Waals surface area contributed by atoms with E-state index >= 15 is 0 Å². The summed E-state index contributed by atoms with van der Waals surface area (Å²) >= 11 is 0. The summed E-state index contributed by atoms with van der Waals surface area (Å²) < 4.78 is 8.74. The van der Waals surface area contributed by atoms with Crippen molar-refractivity contribution in [3.8, 4) is 0 Å². The van der Waals surface area contributed by atoms with Crippen LogP contribution in [0.25, 0.3) is 0 Å². The van der Waals surface area contributed by atoms with E-state index in [-0.39, 0.29) is 17.1 Å². The minimum absolute atomic E-state index is 0. The van der Waals surface area contributed by atoms with E-state index in [1.54, 1.807) is 0 Å². The fourth-order valence-corrected chi connectivity index (χ4v) is 0. The van der Waals surface area contributed by atoms with E-state index < -0.39 is 8.25 Å². The maximum atomic E-state index is 8.74. The summed E-state index contributed by atoms with van der Waals surface area (Å²) in [6.45, 7) is 0. The van der Waals surface area contributed by atoms with Crippen LogP contribution in [0.4, 0.5) is 0 Å². The predicted molar refractivity (Wildman–Crippen MR) is 13.4 cm³/mol. The van der Waals surface area contributed by atoms with Gasteiger partial charge in [0.1, 0.15) is 0 Å². The third-order valence-electron chi connectivity index (χ3n) is 0. The molecule has 0 aromatic carbocycles. The van der Waals surface area contributed by atoms with Crippen molar-refractivity contribution in [1.82, 2.24) is 0 Å². The fraction of sp³-hybridized carbons (Fsp3) is 0. The molecule has 0 aliphatic heterocycles. The first-order valence-electron chi connectivity index (χ1n) is 0.651. The Morgan fingerprint density at radius 3 is 1.40 bits per heavy atom. The molecule has 3 nitrogen and oxygen atoms in total. The van der Waals surface area contributed by atoms with Gasteiger partial charge >= 0.3 is 8.25 Å². The first-order chi connectivity index (χ1) is 1.73. The molecule has 5 heavy (non-hydrogen) atoms. The van der Waals surface area contributed by atoms with Crippen molar-refractivity contribution in [2.75, 3.05) is 0 Å². The van der Waals surface area contributed by atoms with Gasteiger partial charge in [-0.05, 0) is 0 Å². The molecule has 0 spiro atoms. The molecule has 0 bridgehead atoms. The van der Waals surface area contributed by atoms with Gasteiger partial charge in [-0.15, -0.1) is 0 Å². The molecule has 0 aromatic rings. The quantitative estimate of drug-likeness (QED) is 0.344. The van der Waals surface area contributed by atoms with Gasteiger partial charge in [-0.2, -0.15) is 0 Å². The van der Waals surface area contributed by atoms with Crippen LogP contribution in [0.15, 0.2) is 0 Å². The maximum absolute atomic E-state index is 8.74. The molecule has 0 saturated heterocycles. The van der Waals surface area contributed by atoms with Gasteiger partial charge in [-0.3, -0.25) is 4.57 Å². The molecular formula is H3MnO3P. The van der Waals surface area contributed by atoms with Crippen molar-refractivity contribution in [2.24, 2.45) is 0 Å². The maximum Gasteiger partial charge on any atom is 0.314 e. The van der Waals surface area contributed by atoms with E-state index in [4.69, 9.17) is 14.4 Å². The average molecular weight is 137 g/mol. The Kier molecular flexibility index (Phi) is 8.57. The smallest absolute Gasteiger partial charge is 0.314 e. The molecule has 0 amide bonds. The second-order valence-corrected chi connectivity index (χ2v) is 0.848. The summed E-state index contributed by atoms with van der Waals surface area (Å²) in [5.41, 5.74) is 0. The standard InChI is InChI=1S/Mn.H3O3P/c;1-4(2)3/h;4H,(H2,1,2,3). The molecule has 0 fully saturated rings. The zero-order valence-corrected chi connectivity index (χ0v) is 4.36. The van der Waals surface area contributed by atoms with E-state index in [0.717, 1.165) is 0 Å². The van der Waals surface area contributed by atoms with Crippen LogP contribution in [0.2, 0.25) is 0 Å². The normalized spacial score (nSPS) is 7.00. The van der Waals surface area contributed by atoms with Crippen LogP contribution in [0, 0.1) is 0 Å². The number of hydrogen-bond acceptors (Lipinski definition) is 1. The minimum atomic E-state index is -3.13. The minimum Gasteiger partial charge on any atom is -0.326 e. The van der Waals surface area contributed by atoms with Crippen molar-refractivity contribution < 1.29 is 31.4 Å². The topological polar surface area (TPSA) is 57.5 Å². The summed E-state index contributed by atoms with van der Waals surface area (Å²) in [6, 6.07) is 0. The summed E-state index contributed by atoms with van der Waals surface area (Å²) in [7, 11) is -3.13. The molecule has 2 N–H and O–H groups in total. The molecular weight excluding hydrogens is 134 g/mol.